The van der Waals surface area contributed by atoms with Crippen molar-refractivity contribution < 1.29 is 4.74 Å². The van der Waals surface area contributed by atoms with Gasteiger partial charge >= 0.3 is 0 Å². The van der Waals surface area contributed by atoms with Crippen LogP contribution in [0.2, 0.25) is 0 Å². The van der Waals surface area contributed by atoms with Gasteiger partial charge in [-0.1, -0.05) is 0 Å². The Hall–Kier alpha value is -4.27. The molecule has 2 aromatic carbocycles. The zero-order valence-electron chi connectivity index (χ0n) is 19.0. The first-order valence-corrected chi connectivity index (χ1v) is 11.3. The summed E-state index contributed by atoms with van der Waals surface area (Å²) >= 11 is 0. The van der Waals surface area contributed by atoms with Crippen molar-refractivity contribution in [2.75, 3.05) is 10.6 Å². The van der Waals surface area contributed by atoms with E-state index in [4.69, 9.17) is 4.74 Å². The lowest BCUT2D eigenvalue weighted by atomic mass is 9.93. The molecule has 0 amide bonds. The van der Waals surface area contributed by atoms with Crippen LogP contribution in [0.1, 0.15) is 24.8 Å². The summed E-state index contributed by atoms with van der Waals surface area (Å²) in [5.41, 5.74) is 5.22. The molecule has 2 N–H and O–H groups in total. The third-order valence-corrected chi connectivity index (χ3v) is 6.18. The van der Waals surface area contributed by atoms with E-state index in [0.717, 1.165) is 46.6 Å². The number of hydrogen-bond acceptors (Lipinski definition) is 8. The number of rotatable bonds is 6. The summed E-state index contributed by atoms with van der Waals surface area (Å²) in [6, 6.07) is 12.3. The van der Waals surface area contributed by atoms with Crippen LogP contribution in [-0.2, 0) is 7.05 Å². The van der Waals surface area contributed by atoms with Gasteiger partial charge < -0.3 is 19.9 Å². The second-order valence-electron chi connectivity index (χ2n) is 8.64. The Balaban J connectivity index is 1.24. The lowest BCUT2D eigenvalue weighted by molar-refractivity contribution is 0.443. The minimum absolute atomic E-state index is 0.451. The monoisotopic (exact) mass is 452 g/mol. The number of ether oxygens (including phenoxy) is 1. The average molecular weight is 453 g/mol. The van der Waals surface area contributed by atoms with E-state index in [9.17, 15) is 0 Å². The van der Waals surface area contributed by atoms with E-state index in [1.807, 2.05) is 54.9 Å². The first-order chi connectivity index (χ1) is 16.6. The van der Waals surface area contributed by atoms with E-state index in [1.165, 1.54) is 12.7 Å². The number of imidazole rings is 1. The maximum atomic E-state index is 6.14. The SMILES string of the molecule is Cc1cc(Nc2ncnc3cnc(NC4CCC4)nc23)ccc1Oc1ccc2c(c1)ncn2C. The van der Waals surface area contributed by atoms with Gasteiger partial charge in [0.25, 0.3) is 0 Å². The molecule has 0 saturated heterocycles. The third-order valence-electron chi connectivity index (χ3n) is 6.18. The second kappa shape index (κ2) is 8.26. The third kappa shape index (κ3) is 3.85. The molecule has 0 aliphatic heterocycles. The molecular weight excluding hydrogens is 428 g/mol. The fraction of sp³-hybridized carbons (Fsp3) is 0.240. The van der Waals surface area contributed by atoms with Crippen molar-refractivity contribution in [2.45, 2.75) is 32.2 Å². The Labute approximate surface area is 196 Å². The highest BCUT2D eigenvalue weighted by Crippen LogP contribution is 2.31. The van der Waals surface area contributed by atoms with Crippen LogP contribution in [0.4, 0.5) is 17.5 Å². The number of fused-ring (bicyclic) bond motifs is 2. The van der Waals surface area contributed by atoms with Gasteiger partial charge in [0.2, 0.25) is 5.95 Å². The van der Waals surface area contributed by atoms with Crippen molar-refractivity contribution in [2.24, 2.45) is 7.05 Å². The molecule has 170 valence electrons. The van der Waals surface area contributed by atoms with Crippen LogP contribution in [0.3, 0.4) is 0 Å². The van der Waals surface area contributed by atoms with Gasteiger partial charge in [-0.2, -0.15) is 0 Å². The van der Waals surface area contributed by atoms with Crippen LogP contribution in [0.25, 0.3) is 22.1 Å². The molecule has 0 bridgehead atoms. The van der Waals surface area contributed by atoms with Gasteiger partial charge in [-0.15, -0.1) is 0 Å². The molecule has 0 unspecified atom stereocenters. The van der Waals surface area contributed by atoms with E-state index in [0.29, 0.717) is 28.8 Å². The highest BCUT2D eigenvalue weighted by atomic mass is 16.5. The number of benzene rings is 2. The standard InChI is InChI=1S/C25H24N8O/c1-15-10-17(6-9-22(15)34-18-7-8-21-19(11-18)29-14-33(21)2)30-24-23-20(27-13-28-24)12-26-25(32-23)31-16-4-3-5-16/h6-14,16H,3-5H2,1-2H3,(H,26,31,32)(H,27,28,30). The number of aromatic nitrogens is 6. The summed E-state index contributed by atoms with van der Waals surface area (Å²) in [7, 11) is 1.98. The maximum absolute atomic E-state index is 6.14. The number of nitrogens with zero attached hydrogens (tertiary/aromatic N) is 6. The predicted octanol–water partition coefficient (Wildman–Crippen LogP) is 5.12. The van der Waals surface area contributed by atoms with Crippen molar-refractivity contribution in [1.82, 2.24) is 29.5 Å². The number of nitrogens with one attached hydrogen (secondary N) is 2. The Morgan fingerprint density at radius 3 is 2.74 bits per heavy atom. The van der Waals surface area contributed by atoms with Crippen LogP contribution in [-0.4, -0.2) is 35.5 Å². The molecule has 9 heteroatoms. The Morgan fingerprint density at radius 2 is 1.91 bits per heavy atom. The van der Waals surface area contributed by atoms with Crippen LogP contribution in [0, 0.1) is 6.92 Å². The summed E-state index contributed by atoms with van der Waals surface area (Å²) < 4.78 is 8.12. The van der Waals surface area contributed by atoms with Crippen LogP contribution in [0.5, 0.6) is 11.5 Å². The molecule has 0 radical (unpaired) electrons. The molecule has 9 nitrogen and oxygen atoms in total. The van der Waals surface area contributed by atoms with Gasteiger partial charge in [0.05, 0.1) is 23.6 Å². The predicted molar refractivity (Wildman–Crippen MR) is 132 cm³/mol. The quantitative estimate of drug-likeness (QED) is 0.366. The molecule has 0 atom stereocenters. The van der Waals surface area contributed by atoms with E-state index >= 15 is 0 Å². The molecule has 3 heterocycles. The summed E-state index contributed by atoms with van der Waals surface area (Å²) in [5.74, 6) is 2.78. The zero-order valence-corrected chi connectivity index (χ0v) is 19.0. The number of hydrogen-bond donors (Lipinski definition) is 2. The molecule has 1 fully saturated rings. The topological polar surface area (TPSA) is 103 Å². The molecule has 1 saturated carbocycles. The molecular formula is C25H24N8O. The minimum atomic E-state index is 0.451. The summed E-state index contributed by atoms with van der Waals surface area (Å²) in [4.78, 5) is 22.2. The van der Waals surface area contributed by atoms with Gasteiger partial charge in [0, 0.05) is 24.8 Å². The molecule has 0 spiro atoms. The van der Waals surface area contributed by atoms with Crippen molar-refractivity contribution in [3.63, 3.8) is 0 Å². The summed E-state index contributed by atoms with van der Waals surface area (Å²) in [6.07, 6.45) is 8.61. The Kier molecular flexibility index (Phi) is 4.94. The van der Waals surface area contributed by atoms with Gasteiger partial charge in [0.15, 0.2) is 5.82 Å². The zero-order chi connectivity index (χ0) is 23.1. The smallest absolute Gasteiger partial charge is 0.223 e. The lowest BCUT2D eigenvalue weighted by Gasteiger charge is -2.26. The first-order valence-electron chi connectivity index (χ1n) is 11.3. The van der Waals surface area contributed by atoms with Gasteiger partial charge in [-0.3, -0.25) is 0 Å². The Bertz CT molecular complexity index is 1510. The Morgan fingerprint density at radius 1 is 1.00 bits per heavy atom. The van der Waals surface area contributed by atoms with E-state index in [2.05, 4.69) is 35.6 Å². The highest BCUT2D eigenvalue weighted by Gasteiger charge is 2.18. The average Bonchev–Trinajstić information content (AvgIpc) is 3.18. The van der Waals surface area contributed by atoms with Crippen molar-refractivity contribution >= 4 is 39.5 Å². The largest absolute Gasteiger partial charge is 0.457 e. The van der Waals surface area contributed by atoms with Crippen LogP contribution >= 0.6 is 0 Å². The van der Waals surface area contributed by atoms with Crippen molar-refractivity contribution in [1.29, 1.82) is 0 Å². The summed E-state index contributed by atoms with van der Waals surface area (Å²) in [5, 5.41) is 6.76. The van der Waals surface area contributed by atoms with Crippen LogP contribution < -0.4 is 15.4 Å². The van der Waals surface area contributed by atoms with Gasteiger partial charge in [0.1, 0.15) is 28.9 Å². The number of anilines is 3. The van der Waals surface area contributed by atoms with E-state index in [-0.39, 0.29) is 0 Å². The molecule has 34 heavy (non-hydrogen) atoms. The molecule has 1 aliphatic carbocycles. The molecule has 5 aromatic rings. The fourth-order valence-electron chi connectivity index (χ4n) is 4.04. The molecule has 6 rings (SSSR count). The molecule has 1 aliphatic rings. The summed E-state index contributed by atoms with van der Waals surface area (Å²) in [6.45, 7) is 2.01. The van der Waals surface area contributed by atoms with Crippen molar-refractivity contribution in [3.05, 3.63) is 60.8 Å². The highest BCUT2D eigenvalue weighted by molar-refractivity contribution is 5.87. The lowest BCUT2D eigenvalue weighted by Crippen LogP contribution is -2.28. The number of aryl methyl sites for hydroxylation is 2. The molecule has 3 aromatic heterocycles. The second-order valence-corrected chi connectivity index (χ2v) is 8.64. The minimum Gasteiger partial charge on any atom is -0.457 e. The van der Waals surface area contributed by atoms with E-state index in [1.54, 1.807) is 12.5 Å². The van der Waals surface area contributed by atoms with Crippen LogP contribution in [0.15, 0.2) is 55.2 Å². The fourth-order valence-corrected chi connectivity index (χ4v) is 4.04. The first kappa shape index (κ1) is 20.3. The normalized spacial score (nSPS) is 13.7. The van der Waals surface area contributed by atoms with Gasteiger partial charge in [-0.05, 0) is 62.1 Å². The van der Waals surface area contributed by atoms with Crippen molar-refractivity contribution in [3.8, 4) is 11.5 Å². The maximum Gasteiger partial charge on any atom is 0.223 e. The van der Waals surface area contributed by atoms with Gasteiger partial charge in [-0.25, -0.2) is 24.9 Å². The van der Waals surface area contributed by atoms with E-state index < -0.39 is 0 Å².